The first-order valence-corrected chi connectivity index (χ1v) is 15.1. The molecular weight excluding hydrogens is 470 g/mol. The molecule has 1 aromatic rings. The van der Waals surface area contributed by atoms with Gasteiger partial charge in [-0.1, -0.05) is 24.3 Å². The largest absolute Gasteiger partial charge is 0.339 e. The van der Waals surface area contributed by atoms with Crippen molar-refractivity contribution >= 4 is 26.5 Å². The van der Waals surface area contributed by atoms with E-state index in [4.69, 9.17) is 28.4 Å². The van der Waals surface area contributed by atoms with Crippen molar-refractivity contribution in [3.63, 3.8) is 0 Å². The second-order valence-electron chi connectivity index (χ2n) is 12.7. The average molecular weight is 507 g/mol. The van der Waals surface area contributed by atoms with Gasteiger partial charge in [-0.3, -0.25) is 0 Å². The van der Waals surface area contributed by atoms with E-state index in [1.165, 1.54) is 10.6 Å². The molecule has 0 radical (unpaired) electrons. The van der Waals surface area contributed by atoms with E-state index in [0.717, 1.165) is 25.7 Å². The summed E-state index contributed by atoms with van der Waals surface area (Å²) in [6.45, 7) is 17.4. The van der Waals surface area contributed by atoms with Crippen LogP contribution in [0.25, 0.3) is 0 Å². The molecule has 1 aromatic carbocycles. The number of hydrogen-bond donors (Lipinski definition) is 0. The van der Waals surface area contributed by atoms with Crippen molar-refractivity contribution in [1.82, 2.24) is 0 Å². The lowest BCUT2D eigenvalue weighted by Gasteiger charge is -2.71. The van der Waals surface area contributed by atoms with Gasteiger partial charge in [0.05, 0.1) is 21.4 Å². The molecule has 8 heterocycles. The van der Waals surface area contributed by atoms with Gasteiger partial charge in [-0.15, -0.1) is 0 Å². The van der Waals surface area contributed by atoms with Crippen LogP contribution in [0.2, 0.25) is 0 Å². The number of benzene rings is 1. The summed E-state index contributed by atoms with van der Waals surface area (Å²) in [6, 6.07) is 8.98. The molecule has 8 fully saturated rings. The highest BCUT2D eigenvalue weighted by Gasteiger charge is 2.74. The first kappa shape index (κ1) is 23.0. The molecule has 0 N–H and O–H groups in total. The first-order valence-electron chi connectivity index (χ1n) is 12.4. The van der Waals surface area contributed by atoms with Gasteiger partial charge in [0.1, 0.15) is 0 Å². The lowest BCUT2D eigenvalue weighted by Crippen LogP contribution is -2.74. The van der Waals surface area contributed by atoms with Crippen LogP contribution in [0.1, 0.15) is 81.1 Å². The summed E-state index contributed by atoms with van der Waals surface area (Å²) in [5.74, 6) is -2.44. The van der Waals surface area contributed by atoms with E-state index < -0.39 is 39.0 Å². The topological polar surface area (TPSA) is 55.4 Å². The minimum absolute atomic E-state index is 0.328. The van der Waals surface area contributed by atoms with Crippen LogP contribution in [-0.4, -0.2) is 44.5 Å². The van der Waals surface area contributed by atoms with Gasteiger partial charge in [0, 0.05) is 25.7 Å². The Morgan fingerprint density at radius 1 is 0.471 bits per heavy atom. The Balaban J connectivity index is 1.39. The van der Waals surface area contributed by atoms with Gasteiger partial charge in [-0.05, 0) is 81.8 Å². The molecule has 8 unspecified atom stereocenters. The molecule has 186 valence electrons. The van der Waals surface area contributed by atoms with E-state index >= 15 is 0 Å². The van der Waals surface area contributed by atoms with Crippen LogP contribution in [-0.2, 0) is 28.4 Å². The summed E-state index contributed by atoms with van der Waals surface area (Å²) in [5, 5.41) is 1.43. The Morgan fingerprint density at radius 3 is 1.00 bits per heavy atom. The monoisotopic (exact) mass is 506 g/mol. The standard InChI is InChI=1S/C26H36O6P2/c1-19-13-23(5)30-20(2,27-19)14-24(6,29-19)33(23)17-11-9-10-12-18(17)34-25(7)15-21(3)28-22(4,32-25)16-26(34,8)31-21/h9-12H,13-16H2,1-8H3. The molecule has 8 aliphatic heterocycles. The van der Waals surface area contributed by atoms with Crippen LogP contribution in [0.3, 0.4) is 0 Å². The maximum atomic E-state index is 6.79. The highest BCUT2D eigenvalue weighted by atomic mass is 31.1. The summed E-state index contributed by atoms with van der Waals surface area (Å²) in [6.07, 6.45) is 2.92. The molecule has 0 spiro atoms. The molecule has 8 atom stereocenters. The predicted octanol–water partition coefficient (Wildman–Crippen LogP) is 5.37. The van der Waals surface area contributed by atoms with E-state index in [0.29, 0.717) is 0 Å². The van der Waals surface area contributed by atoms with Crippen LogP contribution in [0.15, 0.2) is 24.3 Å². The molecule has 0 saturated carbocycles. The minimum atomic E-state index is -0.814. The van der Waals surface area contributed by atoms with Gasteiger partial charge in [-0.2, -0.15) is 0 Å². The van der Waals surface area contributed by atoms with Crippen LogP contribution >= 0.6 is 15.8 Å². The smallest absolute Gasteiger partial charge is 0.173 e. The Labute approximate surface area is 204 Å². The lowest BCUT2D eigenvalue weighted by molar-refractivity contribution is -0.468. The summed E-state index contributed by atoms with van der Waals surface area (Å²) in [7, 11) is -1.63. The molecule has 8 aliphatic rings. The second-order valence-corrected chi connectivity index (χ2v) is 18.8. The average Bonchev–Trinajstić information content (AvgIpc) is 2.53. The van der Waals surface area contributed by atoms with Gasteiger partial charge in [0.25, 0.3) is 0 Å². The van der Waals surface area contributed by atoms with Crippen molar-refractivity contribution in [3.8, 4) is 0 Å². The summed E-state index contributed by atoms with van der Waals surface area (Å²) < 4.78 is 39.8. The van der Waals surface area contributed by atoms with E-state index in [9.17, 15) is 0 Å². The quantitative estimate of drug-likeness (QED) is 0.503. The molecule has 8 bridgehead atoms. The highest BCUT2D eigenvalue weighted by molar-refractivity contribution is 7.74. The molecule has 0 aromatic heterocycles. The number of hydrogen-bond acceptors (Lipinski definition) is 6. The summed E-state index contributed by atoms with van der Waals surface area (Å²) in [4.78, 5) is 0. The Morgan fingerprint density at radius 2 is 0.735 bits per heavy atom. The molecule has 8 heteroatoms. The van der Waals surface area contributed by atoms with Crippen molar-refractivity contribution in [1.29, 1.82) is 0 Å². The third kappa shape index (κ3) is 2.86. The molecule has 0 amide bonds. The van der Waals surface area contributed by atoms with Crippen LogP contribution in [0, 0.1) is 0 Å². The van der Waals surface area contributed by atoms with Crippen LogP contribution in [0.4, 0.5) is 0 Å². The Kier molecular flexibility index (Phi) is 4.13. The predicted molar refractivity (Wildman–Crippen MR) is 132 cm³/mol. The zero-order valence-electron chi connectivity index (χ0n) is 21.5. The fraction of sp³-hybridized carbons (Fsp3) is 0.769. The Hall–Kier alpha value is -0.160. The summed E-state index contributed by atoms with van der Waals surface area (Å²) >= 11 is 0. The van der Waals surface area contributed by atoms with Gasteiger partial charge in [0.2, 0.25) is 0 Å². The molecule has 8 saturated heterocycles. The third-order valence-corrected chi connectivity index (χ3v) is 15.2. The first-order chi connectivity index (χ1) is 15.5. The lowest BCUT2D eigenvalue weighted by atomic mass is 9.98. The maximum absolute atomic E-state index is 6.79. The van der Waals surface area contributed by atoms with Crippen molar-refractivity contribution in [2.45, 2.75) is 126 Å². The van der Waals surface area contributed by atoms with Crippen molar-refractivity contribution < 1.29 is 28.4 Å². The molecule has 9 rings (SSSR count). The SMILES string of the molecule is CC12CC3(C)OC(C)(CC(C)(O1)P3c1ccccc1P1C3(C)CC4(C)OC(C)(CC1(C)O4)O3)O2. The molecule has 0 aliphatic carbocycles. The maximum Gasteiger partial charge on any atom is 0.173 e. The molecular formula is C26H36O6P2. The van der Waals surface area contributed by atoms with Gasteiger partial charge < -0.3 is 28.4 Å². The van der Waals surface area contributed by atoms with E-state index in [-0.39, 0.29) is 21.4 Å². The van der Waals surface area contributed by atoms with Gasteiger partial charge in [0.15, 0.2) is 23.1 Å². The minimum Gasteiger partial charge on any atom is -0.339 e. The van der Waals surface area contributed by atoms with E-state index in [1.807, 2.05) is 0 Å². The van der Waals surface area contributed by atoms with Crippen LogP contribution < -0.4 is 10.6 Å². The van der Waals surface area contributed by atoms with E-state index in [2.05, 4.69) is 79.7 Å². The number of rotatable bonds is 2. The molecule has 34 heavy (non-hydrogen) atoms. The zero-order chi connectivity index (χ0) is 24.2. The van der Waals surface area contributed by atoms with Crippen LogP contribution in [0.5, 0.6) is 0 Å². The highest BCUT2D eigenvalue weighted by Crippen LogP contribution is 2.79. The Bertz CT molecular complexity index is 934. The molecule has 6 nitrogen and oxygen atoms in total. The van der Waals surface area contributed by atoms with Crippen molar-refractivity contribution in [3.05, 3.63) is 24.3 Å². The summed E-state index contributed by atoms with van der Waals surface area (Å²) in [5.41, 5.74) is 0. The normalized spacial score (nSPS) is 61.3. The fourth-order valence-electron chi connectivity index (χ4n) is 9.03. The zero-order valence-corrected chi connectivity index (χ0v) is 23.3. The van der Waals surface area contributed by atoms with Crippen molar-refractivity contribution in [2.24, 2.45) is 0 Å². The van der Waals surface area contributed by atoms with Gasteiger partial charge >= 0.3 is 0 Å². The number of ether oxygens (including phenoxy) is 6. The van der Waals surface area contributed by atoms with Gasteiger partial charge in [-0.25, -0.2) is 0 Å². The fourth-order valence-corrected chi connectivity index (χ4v) is 17.7. The van der Waals surface area contributed by atoms with Crippen molar-refractivity contribution in [2.75, 3.05) is 0 Å². The van der Waals surface area contributed by atoms with E-state index in [1.54, 1.807) is 0 Å². The third-order valence-electron chi connectivity index (χ3n) is 8.46. The second kappa shape index (κ2) is 6.11.